The summed E-state index contributed by atoms with van der Waals surface area (Å²) >= 11 is 0. The third-order valence-corrected chi connectivity index (χ3v) is 12.1. The van der Waals surface area contributed by atoms with E-state index in [2.05, 4.69) is 38.0 Å². The average Bonchev–Trinajstić information content (AvgIpc) is 3.29. The van der Waals surface area contributed by atoms with Gasteiger partial charge in [-0.2, -0.15) is 0 Å². The number of carbonyl (C=O) groups excluding carboxylic acids is 2. The van der Waals surface area contributed by atoms with Crippen LogP contribution in [0.3, 0.4) is 0 Å². The molecule has 2 N–H and O–H groups in total. The smallest absolute Gasteiger partial charge is 0.305 e. The van der Waals surface area contributed by atoms with Gasteiger partial charge in [0.2, 0.25) is 0 Å². The standard InChI is InChI=1S/C45H92N2O2.C9H10O2.CH2O2/c1-5-8-11-14-17-26-33-43-49-45(48)38-30-23-19-25-32-41-47(42-34-39-46-4)40-31-24-18-22-29-37-44(35-27-20-15-12-9-6-2)36-28-21-16-13-10-7-3;10-6-7-11-8-9-4-2-1-3-5-9;2-1-3/h44,46H,5-43H2,1-4H3;1-6H,7-8H2;1H,(H,2,3). The van der Waals surface area contributed by atoms with Gasteiger partial charge in [-0.25, -0.2) is 0 Å². The number of carbonyl (C=O) groups is 3. The van der Waals surface area contributed by atoms with Crippen molar-refractivity contribution in [1.29, 1.82) is 0 Å². The molecule has 0 spiro atoms. The molecule has 0 saturated heterocycles. The van der Waals surface area contributed by atoms with Crippen LogP contribution in [0.1, 0.15) is 245 Å². The number of benzene rings is 1. The van der Waals surface area contributed by atoms with E-state index < -0.39 is 0 Å². The molecule has 0 heterocycles. The van der Waals surface area contributed by atoms with Crippen LogP contribution in [0.5, 0.6) is 0 Å². The Morgan fingerprint density at radius 1 is 0.587 bits per heavy atom. The van der Waals surface area contributed by atoms with E-state index in [9.17, 15) is 9.59 Å². The Hall–Kier alpha value is -2.29. The van der Waals surface area contributed by atoms with Gasteiger partial charge in [-0.15, -0.1) is 0 Å². The van der Waals surface area contributed by atoms with Gasteiger partial charge in [-0.05, 0) is 76.8 Å². The van der Waals surface area contributed by atoms with Crippen LogP contribution < -0.4 is 5.32 Å². The van der Waals surface area contributed by atoms with Crippen molar-refractivity contribution < 1.29 is 29.0 Å². The molecule has 1 aromatic rings. The van der Waals surface area contributed by atoms with Crippen LogP contribution in [-0.4, -0.2) is 75.2 Å². The zero-order chi connectivity index (χ0) is 46.4. The molecule has 0 fully saturated rings. The highest BCUT2D eigenvalue weighted by molar-refractivity contribution is 5.69. The fourth-order valence-corrected chi connectivity index (χ4v) is 8.22. The van der Waals surface area contributed by atoms with E-state index in [-0.39, 0.29) is 19.0 Å². The molecule has 0 aliphatic heterocycles. The number of nitrogens with one attached hydrogen (secondary N) is 1. The maximum Gasteiger partial charge on any atom is 0.305 e. The predicted molar refractivity (Wildman–Crippen MR) is 270 cm³/mol. The lowest BCUT2D eigenvalue weighted by Gasteiger charge is -2.22. The molecule has 0 saturated carbocycles. The molecule has 63 heavy (non-hydrogen) atoms. The van der Waals surface area contributed by atoms with Crippen molar-refractivity contribution in [3.05, 3.63) is 35.9 Å². The second-order valence-electron chi connectivity index (χ2n) is 18.0. The minimum absolute atomic E-state index is 0.0165. The number of hydrogen-bond acceptors (Lipinski definition) is 7. The van der Waals surface area contributed by atoms with Crippen LogP contribution in [0.25, 0.3) is 0 Å². The molecular formula is C55H104N2O6. The Balaban J connectivity index is 0. The summed E-state index contributed by atoms with van der Waals surface area (Å²) < 4.78 is 10.5. The summed E-state index contributed by atoms with van der Waals surface area (Å²) in [6.45, 7) is 12.8. The molecule has 1 aromatic carbocycles. The topological polar surface area (TPSA) is 105 Å². The zero-order valence-electron chi connectivity index (χ0n) is 42.0. The van der Waals surface area contributed by atoms with Gasteiger partial charge in [0.05, 0.1) is 13.2 Å². The Morgan fingerprint density at radius 3 is 1.46 bits per heavy atom. The zero-order valence-corrected chi connectivity index (χ0v) is 42.0. The fourth-order valence-electron chi connectivity index (χ4n) is 8.22. The van der Waals surface area contributed by atoms with Gasteiger partial charge in [0.15, 0.2) is 0 Å². The van der Waals surface area contributed by atoms with Crippen molar-refractivity contribution >= 4 is 18.7 Å². The summed E-state index contributed by atoms with van der Waals surface area (Å²) in [6, 6.07) is 9.76. The maximum absolute atomic E-state index is 12.0. The third kappa shape index (κ3) is 52.2. The van der Waals surface area contributed by atoms with E-state index in [1.165, 1.54) is 212 Å². The number of unbranched alkanes of at least 4 members (excludes halogenated alkanes) is 24. The van der Waals surface area contributed by atoms with E-state index in [0.717, 1.165) is 43.6 Å². The van der Waals surface area contributed by atoms with Crippen molar-refractivity contribution in [2.75, 3.05) is 46.4 Å². The Labute approximate surface area is 390 Å². The highest BCUT2D eigenvalue weighted by atomic mass is 16.5. The summed E-state index contributed by atoms with van der Waals surface area (Å²) in [7, 11) is 2.07. The Kier molecular flexibility index (Phi) is 55.7. The summed E-state index contributed by atoms with van der Waals surface area (Å²) in [5.74, 6) is 1.01. The quantitative estimate of drug-likeness (QED) is 0.0379. The van der Waals surface area contributed by atoms with E-state index >= 15 is 0 Å². The number of carboxylic acid groups (broad SMARTS) is 1. The highest BCUT2D eigenvalue weighted by Crippen LogP contribution is 2.25. The number of rotatable bonds is 46. The molecule has 1 rings (SSSR count). The van der Waals surface area contributed by atoms with Gasteiger partial charge in [-0.1, -0.05) is 231 Å². The van der Waals surface area contributed by atoms with Crippen molar-refractivity contribution in [1.82, 2.24) is 10.2 Å². The van der Waals surface area contributed by atoms with Crippen LogP contribution in [0.15, 0.2) is 30.3 Å². The maximum atomic E-state index is 12.0. The number of ether oxygens (including phenoxy) is 2. The molecule has 0 aliphatic rings. The summed E-state index contributed by atoms with van der Waals surface area (Å²) in [5.41, 5.74) is 1.09. The van der Waals surface area contributed by atoms with Crippen LogP contribution in [-0.2, 0) is 30.5 Å². The van der Waals surface area contributed by atoms with Crippen molar-refractivity contribution in [2.24, 2.45) is 5.92 Å². The second kappa shape index (κ2) is 55.8. The predicted octanol–water partition coefficient (Wildman–Crippen LogP) is 15.1. The molecule has 0 radical (unpaired) electrons. The first-order valence-electron chi connectivity index (χ1n) is 26.7. The third-order valence-electron chi connectivity index (χ3n) is 12.1. The lowest BCUT2D eigenvalue weighted by Crippen LogP contribution is -2.29. The summed E-state index contributed by atoms with van der Waals surface area (Å²) in [5, 5.41) is 10.2. The van der Waals surface area contributed by atoms with Crippen LogP contribution >= 0.6 is 0 Å². The van der Waals surface area contributed by atoms with Gasteiger partial charge in [0.25, 0.3) is 6.47 Å². The van der Waals surface area contributed by atoms with Crippen molar-refractivity contribution in [3.8, 4) is 0 Å². The molecule has 0 unspecified atom stereocenters. The van der Waals surface area contributed by atoms with Gasteiger partial charge >= 0.3 is 5.97 Å². The van der Waals surface area contributed by atoms with Crippen LogP contribution in [0, 0.1) is 5.92 Å². The molecule has 0 bridgehead atoms. The first-order chi connectivity index (χ1) is 31.0. The lowest BCUT2D eigenvalue weighted by molar-refractivity contribution is -0.144. The van der Waals surface area contributed by atoms with Gasteiger partial charge < -0.3 is 29.6 Å². The molecule has 0 atom stereocenters. The molecule has 0 amide bonds. The molecule has 8 nitrogen and oxygen atoms in total. The monoisotopic (exact) mass is 889 g/mol. The number of nitrogens with zero attached hydrogens (tertiary/aromatic N) is 1. The van der Waals surface area contributed by atoms with Crippen LogP contribution in [0.2, 0.25) is 0 Å². The van der Waals surface area contributed by atoms with Gasteiger partial charge in [-0.3, -0.25) is 9.59 Å². The van der Waals surface area contributed by atoms with E-state index in [1.54, 1.807) is 0 Å². The number of aldehydes is 1. The molecule has 0 aromatic heterocycles. The largest absolute Gasteiger partial charge is 0.483 e. The minimum Gasteiger partial charge on any atom is -0.483 e. The Bertz CT molecular complexity index is 1010. The SMILES string of the molecule is CCCCCCCCCOC(=O)CCCCCCCN(CCCCCCCC(CCCCCCCC)CCCCCCCC)CCCNC.O=CCOCc1ccccc1.O=CO. The minimum atomic E-state index is -0.250. The first-order valence-corrected chi connectivity index (χ1v) is 26.7. The normalized spacial score (nSPS) is 11.0. The molecular weight excluding hydrogens is 785 g/mol. The molecule has 8 heteroatoms. The summed E-state index contributed by atoms with van der Waals surface area (Å²) in [4.78, 5) is 33.0. The second-order valence-corrected chi connectivity index (χ2v) is 18.0. The Morgan fingerprint density at radius 2 is 1.00 bits per heavy atom. The van der Waals surface area contributed by atoms with Gasteiger partial charge in [0, 0.05) is 6.42 Å². The number of hydrogen-bond donors (Lipinski definition) is 2. The van der Waals surface area contributed by atoms with Crippen molar-refractivity contribution in [3.63, 3.8) is 0 Å². The molecule has 370 valence electrons. The van der Waals surface area contributed by atoms with E-state index in [4.69, 9.17) is 19.4 Å². The van der Waals surface area contributed by atoms with Crippen molar-refractivity contribution in [2.45, 2.75) is 246 Å². The number of esters is 1. The van der Waals surface area contributed by atoms with E-state index in [1.807, 2.05) is 30.3 Å². The lowest BCUT2D eigenvalue weighted by atomic mass is 9.89. The fraction of sp³-hybridized carbons (Fsp3) is 0.836. The first kappa shape index (κ1) is 62.8. The highest BCUT2D eigenvalue weighted by Gasteiger charge is 2.10. The average molecular weight is 889 g/mol. The van der Waals surface area contributed by atoms with Crippen LogP contribution in [0.4, 0.5) is 0 Å². The molecule has 0 aliphatic carbocycles. The van der Waals surface area contributed by atoms with Gasteiger partial charge in [0.1, 0.15) is 12.9 Å². The van der Waals surface area contributed by atoms with E-state index in [0.29, 0.717) is 19.6 Å². The summed E-state index contributed by atoms with van der Waals surface area (Å²) in [6.07, 6.45) is 46.2.